The van der Waals surface area contributed by atoms with E-state index in [1.807, 2.05) is 44.2 Å². The molecule has 2 aliphatic rings. The van der Waals surface area contributed by atoms with Crippen molar-refractivity contribution in [1.82, 2.24) is 5.32 Å². The average molecular weight is 418 g/mol. The molecule has 0 unspecified atom stereocenters. The minimum atomic E-state index is -0.198. The molecule has 0 spiro atoms. The molecule has 0 bridgehead atoms. The van der Waals surface area contributed by atoms with Gasteiger partial charge in [0.05, 0.1) is 17.3 Å². The highest BCUT2D eigenvalue weighted by molar-refractivity contribution is 6.16. The second-order valence-corrected chi connectivity index (χ2v) is 8.89. The summed E-state index contributed by atoms with van der Waals surface area (Å²) >= 11 is 0. The highest BCUT2D eigenvalue weighted by Crippen LogP contribution is 2.39. The van der Waals surface area contributed by atoms with Gasteiger partial charge < -0.3 is 10.2 Å². The summed E-state index contributed by atoms with van der Waals surface area (Å²) in [5.74, 6) is -0.318. The predicted octanol–water partition coefficient (Wildman–Crippen LogP) is 4.66. The van der Waals surface area contributed by atoms with E-state index in [-0.39, 0.29) is 30.3 Å². The van der Waals surface area contributed by atoms with Gasteiger partial charge in [-0.2, -0.15) is 0 Å². The monoisotopic (exact) mass is 417 g/mol. The first-order chi connectivity index (χ1) is 14.9. The molecular weight excluding hydrogens is 386 g/mol. The van der Waals surface area contributed by atoms with E-state index < -0.39 is 0 Å². The fourth-order valence-electron chi connectivity index (χ4n) is 4.51. The zero-order valence-corrected chi connectivity index (χ0v) is 18.6. The van der Waals surface area contributed by atoms with Crippen LogP contribution in [0.25, 0.3) is 0 Å². The number of nitrogens with zero attached hydrogens (tertiary/aromatic N) is 2. The van der Waals surface area contributed by atoms with E-state index in [1.54, 1.807) is 4.90 Å². The lowest BCUT2D eigenvalue weighted by atomic mass is 10.0. The van der Waals surface area contributed by atoms with Gasteiger partial charge in [0, 0.05) is 11.8 Å². The quantitative estimate of drug-likeness (QED) is 0.743. The molecule has 5 nitrogen and oxygen atoms in total. The minimum Gasteiger partial charge on any atom is -0.352 e. The van der Waals surface area contributed by atoms with Gasteiger partial charge in [0.15, 0.2) is 0 Å². The first-order valence-electron chi connectivity index (χ1n) is 11.3. The Morgan fingerprint density at radius 1 is 1.19 bits per heavy atom. The fraction of sp³-hybridized carbons (Fsp3) is 0.423. The number of anilines is 1. The molecule has 1 heterocycles. The zero-order chi connectivity index (χ0) is 22.0. The molecule has 1 aliphatic heterocycles. The molecule has 2 atom stereocenters. The Morgan fingerprint density at radius 3 is 2.71 bits per heavy atom. The van der Waals surface area contributed by atoms with Gasteiger partial charge in [-0.05, 0) is 81.7 Å². The summed E-state index contributed by atoms with van der Waals surface area (Å²) in [5, 5.41) is 3.08. The van der Waals surface area contributed by atoms with Crippen LogP contribution in [0.2, 0.25) is 0 Å². The summed E-state index contributed by atoms with van der Waals surface area (Å²) in [5.41, 5.74) is 6.03. The Hall–Kier alpha value is -2.95. The molecule has 2 aromatic rings. The lowest BCUT2D eigenvalue weighted by molar-refractivity contribution is -0.125. The molecule has 4 rings (SSSR count). The van der Waals surface area contributed by atoms with Crippen LogP contribution in [-0.4, -0.2) is 30.1 Å². The first kappa shape index (κ1) is 21.3. The van der Waals surface area contributed by atoms with Crippen LogP contribution in [0.15, 0.2) is 47.5 Å². The number of carbonyl (C=O) groups is 2. The number of nitrogens with one attached hydrogen (secondary N) is 1. The third-order valence-corrected chi connectivity index (χ3v) is 6.46. The zero-order valence-electron chi connectivity index (χ0n) is 18.6. The molecule has 0 aromatic heterocycles. The molecule has 162 valence electrons. The highest BCUT2D eigenvalue weighted by atomic mass is 16.2. The Kier molecular flexibility index (Phi) is 6.21. The number of hydrogen-bond acceptors (Lipinski definition) is 3. The Balaban J connectivity index is 1.48. The molecule has 0 radical (unpaired) electrons. The molecule has 1 saturated carbocycles. The molecule has 2 aromatic carbocycles. The van der Waals surface area contributed by atoms with Crippen LogP contribution >= 0.6 is 0 Å². The van der Waals surface area contributed by atoms with E-state index in [2.05, 4.69) is 24.4 Å². The van der Waals surface area contributed by atoms with Gasteiger partial charge in [-0.3, -0.25) is 14.6 Å². The molecule has 2 amide bonds. The maximum Gasteiger partial charge on any atom is 0.240 e. The lowest BCUT2D eigenvalue weighted by Crippen LogP contribution is -2.45. The van der Waals surface area contributed by atoms with Crippen molar-refractivity contribution in [2.24, 2.45) is 10.9 Å². The van der Waals surface area contributed by atoms with Crippen molar-refractivity contribution in [1.29, 1.82) is 0 Å². The van der Waals surface area contributed by atoms with Crippen molar-refractivity contribution in [2.45, 2.75) is 58.9 Å². The van der Waals surface area contributed by atoms with E-state index >= 15 is 0 Å². The number of carbonyl (C=O) groups excluding carboxylic acids is 2. The van der Waals surface area contributed by atoms with Gasteiger partial charge in [-0.1, -0.05) is 30.3 Å². The Labute approximate surface area is 184 Å². The van der Waals surface area contributed by atoms with Crippen molar-refractivity contribution < 1.29 is 9.59 Å². The smallest absolute Gasteiger partial charge is 0.240 e. The van der Waals surface area contributed by atoms with Crippen molar-refractivity contribution in [3.8, 4) is 0 Å². The number of aliphatic imine (C=N–C) groups is 1. The van der Waals surface area contributed by atoms with E-state index in [1.165, 1.54) is 5.56 Å². The maximum atomic E-state index is 13.4. The van der Waals surface area contributed by atoms with Crippen molar-refractivity contribution in [3.05, 3.63) is 59.2 Å². The Bertz CT molecular complexity index is 1010. The summed E-state index contributed by atoms with van der Waals surface area (Å²) in [7, 11) is 0. The number of amides is 2. The summed E-state index contributed by atoms with van der Waals surface area (Å²) in [6.07, 6.45) is 4.42. The topological polar surface area (TPSA) is 61.8 Å². The Morgan fingerprint density at radius 2 is 1.94 bits per heavy atom. The van der Waals surface area contributed by atoms with E-state index in [0.717, 1.165) is 60.3 Å². The van der Waals surface area contributed by atoms with Crippen LogP contribution < -0.4 is 10.2 Å². The number of aryl methyl sites for hydroxylation is 3. The number of hydrogen-bond donors (Lipinski definition) is 1. The molecule has 1 aliphatic carbocycles. The van der Waals surface area contributed by atoms with E-state index in [4.69, 9.17) is 4.99 Å². The van der Waals surface area contributed by atoms with Gasteiger partial charge in [0.25, 0.3) is 0 Å². The van der Waals surface area contributed by atoms with Crippen molar-refractivity contribution in [3.63, 3.8) is 0 Å². The fourth-order valence-corrected chi connectivity index (χ4v) is 4.51. The van der Waals surface area contributed by atoms with Crippen molar-refractivity contribution in [2.75, 3.05) is 11.4 Å². The van der Waals surface area contributed by atoms with Crippen LogP contribution in [0.1, 0.15) is 49.3 Å². The highest BCUT2D eigenvalue weighted by Gasteiger charge is 2.37. The van der Waals surface area contributed by atoms with Gasteiger partial charge in [0.2, 0.25) is 11.8 Å². The maximum absolute atomic E-state index is 13.4. The lowest BCUT2D eigenvalue weighted by Gasteiger charge is -2.26. The normalized spacial score (nSPS) is 18.7. The van der Waals surface area contributed by atoms with Gasteiger partial charge in [0.1, 0.15) is 6.54 Å². The van der Waals surface area contributed by atoms with Crippen LogP contribution in [-0.2, 0) is 16.0 Å². The molecule has 1 fully saturated rings. The molecular formula is C26H31N3O2. The van der Waals surface area contributed by atoms with Crippen LogP contribution in [0.5, 0.6) is 0 Å². The molecule has 1 N–H and O–H groups in total. The number of benzene rings is 2. The second kappa shape index (κ2) is 9.04. The first-order valence-corrected chi connectivity index (χ1v) is 11.3. The summed E-state index contributed by atoms with van der Waals surface area (Å²) in [6.45, 7) is 6.14. The summed E-state index contributed by atoms with van der Waals surface area (Å²) in [6, 6.07) is 14.4. The summed E-state index contributed by atoms with van der Waals surface area (Å²) < 4.78 is 0. The van der Waals surface area contributed by atoms with Crippen LogP contribution in [0.3, 0.4) is 0 Å². The SMILES string of the molecule is Cc1cc2c(cc1C)N(CC(=O)N[C@H](C)CCc1ccccc1)C(=O)[C@@H]1CCCC1=N2. The van der Waals surface area contributed by atoms with Crippen LogP contribution in [0.4, 0.5) is 11.4 Å². The molecule has 31 heavy (non-hydrogen) atoms. The van der Waals surface area contributed by atoms with Gasteiger partial charge >= 0.3 is 0 Å². The van der Waals surface area contributed by atoms with Crippen LogP contribution in [0, 0.1) is 19.8 Å². The van der Waals surface area contributed by atoms with Crippen molar-refractivity contribution >= 4 is 28.9 Å². The minimum absolute atomic E-state index is 0.00495. The second-order valence-electron chi connectivity index (χ2n) is 8.89. The van der Waals surface area contributed by atoms with E-state index in [9.17, 15) is 9.59 Å². The van der Waals surface area contributed by atoms with E-state index in [0.29, 0.717) is 0 Å². The number of rotatable bonds is 6. The molecule has 5 heteroatoms. The standard InChI is InChI=1S/C26H31N3O2/c1-17-14-23-24(15-18(17)2)29(26(31)21-10-7-11-22(21)28-23)16-25(30)27-19(3)12-13-20-8-5-4-6-9-20/h4-6,8-9,14-15,19,21H,7,10-13,16H2,1-3H3,(H,27,30)/t19-,21-/m1/s1. The van der Waals surface area contributed by atoms with Gasteiger partial charge in [-0.15, -0.1) is 0 Å². The largest absolute Gasteiger partial charge is 0.352 e. The predicted molar refractivity (Wildman–Crippen MR) is 125 cm³/mol. The molecule has 0 saturated heterocycles. The third kappa shape index (κ3) is 4.71. The average Bonchev–Trinajstić information content (AvgIpc) is 3.18. The summed E-state index contributed by atoms with van der Waals surface area (Å²) in [4.78, 5) is 32.8. The third-order valence-electron chi connectivity index (χ3n) is 6.46. The number of fused-ring (bicyclic) bond motifs is 2. The van der Waals surface area contributed by atoms with Gasteiger partial charge in [-0.25, -0.2) is 0 Å².